The van der Waals surface area contributed by atoms with Crippen LogP contribution < -0.4 is 9.64 Å². The molecular weight excluding hydrogens is 577 g/mol. The maximum atomic E-state index is 13.0. The van der Waals surface area contributed by atoms with Crippen LogP contribution in [0.4, 0.5) is 5.69 Å². The Bertz CT molecular complexity index is 1460. The number of hydrogen-bond donors (Lipinski definition) is 0. The largest absolute Gasteiger partial charge is 0.492 e. The Balaban J connectivity index is 1.17. The van der Waals surface area contributed by atoms with Crippen LogP contribution in [0.25, 0.3) is 5.69 Å². The normalized spacial score (nSPS) is 13.4. The Morgan fingerprint density at radius 1 is 0.927 bits per heavy atom. The van der Waals surface area contributed by atoms with Gasteiger partial charge in [-0.05, 0) is 49.2 Å². The number of thioether (sulfide) groups is 1. The average Bonchev–Trinajstić information content (AvgIpc) is 3.39. The van der Waals surface area contributed by atoms with E-state index < -0.39 is 0 Å². The zero-order chi connectivity index (χ0) is 28.6. The zero-order valence-electron chi connectivity index (χ0n) is 23.0. The second kappa shape index (κ2) is 14.1. The Morgan fingerprint density at radius 2 is 1.68 bits per heavy atom. The van der Waals surface area contributed by atoms with E-state index in [1.807, 2.05) is 64.9 Å². The number of aromatic nitrogens is 3. The molecule has 0 aliphatic carbocycles. The summed E-state index contributed by atoms with van der Waals surface area (Å²) in [5.41, 5.74) is 3.10. The first-order valence-corrected chi connectivity index (χ1v) is 15.6. The van der Waals surface area contributed by atoms with Crippen LogP contribution in [0.5, 0.6) is 5.75 Å². The van der Waals surface area contributed by atoms with Crippen molar-refractivity contribution in [3.05, 3.63) is 94.2 Å². The molecule has 0 N–H and O–H groups in total. The van der Waals surface area contributed by atoms with Gasteiger partial charge in [-0.2, -0.15) is 0 Å². The first-order valence-electron chi connectivity index (χ1n) is 13.8. The molecule has 0 atom stereocenters. The van der Waals surface area contributed by atoms with Crippen molar-refractivity contribution >= 4 is 46.6 Å². The van der Waals surface area contributed by atoms with Crippen molar-refractivity contribution in [3.63, 3.8) is 0 Å². The minimum atomic E-state index is 0.194. The predicted octanol–water partition coefficient (Wildman–Crippen LogP) is 6.78. The third-order valence-corrected chi connectivity index (χ3v) is 8.73. The quantitative estimate of drug-likeness (QED) is 0.138. The van der Waals surface area contributed by atoms with Crippen LogP contribution in [-0.4, -0.2) is 64.1 Å². The number of carbonyl (C=O) groups is 1. The minimum Gasteiger partial charge on any atom is -0.492 e. The Kier molecular flexibility index (Phi) is 10.1. The fraction of sp³-hybridized carbons (Fsp3) is 0.323. The molecule has 1 amide bonds. The summed E-state index contributed by atoms with van der Waals surface area (Å²) in [6.07, 6.45) is 1.88. The summed E-state index contributed by atoms with van der Waals surface area (Å²) in [5.74, 6) is 2.65. The topological polar surface area (TPSA) is 63.5 Å². The van der Waals surface area contributed by atoms with Crippen LogP contribution >= 0.6 is 35.0 Å². The van der Waals surface area contributed by atoms with E-state index in [-0.39, 0.29) is 5.91 Å². The number of para-hydroxylation sites is 2. The van der Waals surface area contributed by atoms with E-state index in [0.717, 1.165) is 58.9 Å². The first kappa shape index (κ1) is 29.3. The number of benzene rings is 3. The van der Waals surface area contributed by atoms with Crippen molar-refractivity contribution < 1.29 is 9.53 Å². The van der Waals surface area contributed by atoms with E-state index in [2.05, 4.69) is 33.3 Å². The number of rotatable bonds is 11. The number of amides is 1. The van der Waals surface area contributed by atoms with Crippen molar-refractivity contribution in [2.45, 2.75) is 31.3 Å². The summed E-state index contributed by atoms with van der Waals surface area (Å²) < 4.78 is 7.83. The highest BCUT2D eigenvalue weighted by Gasteiger charge is 2.23. The van der Waals surface area contributed by atoms with Crippen LogP contribution in [0.2, 0.25) is 10.0 Å². The molecule has 10 heteroatoms. The molecule has 7 nitrogen and oxygen atoms in total. The molecule has 1 fully saturated rings. The van der Waals surface area contributed by atoms with E-state index >= 15 is 0 Å². The maximum absolute atomic E-state index is 13.0. The van der Waals surface area contributed by atoms with Gasteiger partial charge in [0.25, 0.3) is 0 Å². The summed E-state index contributed by atoms with van der Waals surface area (Å²) in [6.45, 7) is 5.63. The highest BCUT2D eigenvalue weighted by Crippen LogP contribution is 2.30. The monoisotopic (exact) mass is 609 g/mol. The molecule has 3 aromatic carbocycles. The Labute approximate surface area is 255 Å². The summed E-state index contributed by atoms with van der Waals surface area (Å²) in [7, 11) is 0. The average molecular weight is 611 g/mol. The summed E-state index contributed by atoms with van der Waals surface area (Å²) >= 11 is 14.1. The van der Waals surface area contributed by atoms with Crippen LogP contribution in [0.3, 0.4) is 0 Å². The molecule has 2 heterocycles. The molecule has 214 valence electrons. The Hall–Kier alpha value is -3.20. The lowest BCUT2D eigenvalue weighted by Crippen LogP contribution is -2.48. The minimum absolute atomic E-state index is 0.194. The van der Waals surface area contributed by atoms with Gasteiger partial charge in [0.2, 0.25) is 5.91 Å². The maximum Gasteiger partial charge on any atom is 0.222 e. The molecule has 0 unspecified atom stereocenters. The highest BCUT2D eigenvalue weighted by molar-refractivity contribution is 7.99. The first-order chi connectivity index (χ1) is 20.0. The number of carbonyl (C=O) groups excluding carboxylic acids is 1. The lowest BCUT2D eigenvalue weighted by atomic mass is 10.1. The zero-order valence-corrected chi connectivity index (χ0v) is 25.3. The SMILES string of the molecule is CCOc1ccccc1N1CCN(C(=O)CCCSc2nnc(Cc3ccccc3)n2-c2ccc(Cl)c(Cl)c2)CC1. The summed E-state index contributed by atoms with van der Waals surface area (Å²) in [4.78, 5) is 17.3. The van der Waals surface area contributed by atoms with E-state index in [1.54, 1.807) is 17.8 Å². The molecule has 1 saturated heterocycles. The van der Waals surface area contributed by atoms with Gasteiger partial charge in [-0.25, -0.2) is 0 Å². The summed E-state index contributed by atoms with van der Waals surface area (Å²) in [5, 5.41) is 10.7. The van der Waals surface area contributed by atoms with Gasteiger partial charge in [0.05, 0.1) is 28.0 Å². The fourth-order valence-corrected chi connectivity index (χ4v) is 6.11. The fourth-order valence-electron chi connectivity index (χ4n) is 4.91. The van der Waals surface area contributed by atoms with Crippen LogP contribution in [0.1, 0.15) is 31.2 Å². The van der Waals surface area contributed by atoms with Gasteiger partial charge in [-0.3, -0.25) is 9.36 Å². The third-order valence-electron chi connectivity index (χ3n) is 6.97. The van der Waals surface area contributed by atoms with Gasteiger partial charge in [0, 0.05) is 44.8 Å². The molecule has 4 aromatic rings. The molecule has 1 aromatic heterocycles. The van der Waals surface area contributed by atoms with Crippen LogP contribution in [-0.2, 0) is 11.2 Å². The number of ether oxygens (including phenoxy) is 1. The van der Waals surface area contributed by atoms with Gasteiger partial charge in [0.15, 0.2) is 5.16 Å². The van der Waals surface area contributed by atoms with Gasteiger partial charge in [-0.1, -0.05) is 77.4 Å². The van der Waals surface area contributed by atoms with Gasteiger partial charge in [-0.15, -0.1) is 10.2 Å². The van der Waals surface area contributed by atoms with Gasteiger partial charge in [0.1, 0.15) is 11.6 Å². The van der Waals surface area contributed by atoms with Crippen LogP contribution in [0.15, 0.2) is 78.0 Å². The standard InChI is InChI=1S/C31H33Cl2N5O2S/c1-2-40-28-12-7-6-11-27(28)36-16-18-37(19-17-36)30(39)13-8-20-41-31-35-34-29(21-23-9-4-3-5-10-23)38(31)24-14-15-25(32)26(33)22-24/h3-7,9-12,14-15,22H,2,8,13,16-21H2,1H3. The van der Waals surface area contributed by atoms with Crippen LogP contribution in [0, 0.1) is 0 Å². The van der Waals surface area contributed by atoms with E-state index in [9.17, 15) is 4.79 Å². The van der Waals surface area contributed by atoms with E-state index in [4.69, 9.17) is 27.9 Å². The highest BCUT2D eigenvalue weighted by atomic mass is 35.5. The second-order valence-electron chi connectivity index (χ2n) is 9.72. The second-order valence-corrected chi connectivity index (χ2v) is 11.6. The molecule has 0 saturated carbocycles. The lowest BCUT2D eigenvalue weighted by Gasteiger charge is -2.36. The predicted molar refractivity (Wildman–Crippen MR) is 167 cm³/mol. The van der Waals surface area contributed by atoms with Crippen molar-refractivity contribution in [2.75, 3.05) is 43.4 Å². The smallest absolute Gasteiger partial charge is 0.222 e. The number of hydrogen-bond acceptors (Lipinski definition) is 6. The number of anilines is 1. The van der Waals surface area contributed by atoms with Crippen molar-refractivity contribution in [1.29, 1.82) is 0 Å². The van der Waals surface area contributed by atoms with E-state index in [0.29, 0.717) is 42.6 Å². The molecule has 1 aliphatic heterocycles. The van der Waals surface area contributed by atoms with Crippen molar-refractivity contribution in [1.82, 2.24) is 19.7 Å². The molecule has 1 aliphatic rings. The number of halogens is 2. The molecule has 0 radical (unpaired) electrons. The summed E-state index contributed by atoms with van der Waals surface area (Å²) in [6, 6.07) is 23.8. The molecule has 41 heavy (non-hydrogen) atoms. The molecule has 0 spiro atoms. The third kappa shape index (κ3) is 7.36. The van der Waals surface area contributed by atoms with Gasteiger partial charge >= 0.3 is 0 Å². The van der Waals surface area contributed by atoms with Crippen molar-refractivity contribution in [2.24, 2.45) is 0 Å². The Morgan fingerprint density at radius 3 is 2.44 bits per heavy atom. The van der Waals surface area contributed by atoms with E-state index in [1.165, 1.54) is 0 Å². The van der Waals surface area contributed by atoms with Crippen molar-refractivity contribution in [3.8, 4) is 11.4 Å². The van der Waals surface area contributed by atoms with Gasteiger partial charge < -0.3 is 14.5 Å². The number of piperazine rings is 1. The lowest BCUT2D eigenvalue weighted by molar-refractivity contribution is -0.131. The molecule has 5 rings (SSSR count). The molecular formula is C31H33Cl2N5O2S. The number of nitrogens with zero attached hydrogens (tertiary/aromatic N) is 5. The molecule has 0 bridgehead atoms.